The molecule has 1 aliphatic heterocycles. The van der Waals surface area contributed by atoms with Gasteiger partial charge < -0.3 is 9.47 Å². The second-order valence-electron chi connectivity index (χ2n) is 5.67. The van der Waals surface area contributed by atoms with Gasteiger partial charge in [0.1, 0.15) is 0 Å². The number of morpholine rings is 1. The first-order valence-corrected chi connectivity index (χ1v) is 6.40. The Morgan fingerprint density at radius 3 is 2.62 bits per heavy atom. The fourth-order valence-corrected chi connectivity index (χ4v) is 1.96. The Labute approximate surface area is 100 Å². The highest BCUT2D eigenvalue weighted by molar-refractivity contribution is 4.77. The van der Waals surface area contributed by atoms with Gasteiger partial charge in [0.05, 0.1) is 18.3 Å². The van der Waals surface area contributed by atoms with Crippen molar-refractivity contribution in [2.75, 3.05) is 26.3 Å². The monoisotopic (exact) mass is 229 g/mol. The minimum absolute atomic E-state index is 0.0100. The summed E-state index contributed by atoms with van der Waals surface area (Å²) in [5.41, 5.74) is -0.0100. The summed E-state index contributed by atoms with van der Waals surface area (Å²) >= 11 is 0. The molecule has 16 heavy (non-hydrogen) atoms. The average Bonchev–Trinajstić information content (AvgIpc) is 2.17. The molecule has 0 aromatic carbocycles. The van der Waals surface area contributed by atoms with Gasteiger partial charge in [-0.1, -0.05) is 0 Å². The lowest BCUT2D eigenvalue weighted by Gasteiger charge is -2.37. The lowest BCUT2D eigenvalue weighted by atomic mass is 10.1. The van der Waals surface area contributed by atoms with E-state index in [4.69, 9.17) is 9.47 Å². The summed E-state index contributed by atoms with van der Waals surface area (Å²) in [5, 5.41) is 0. The first-order chi connectivity index (χ1) is 7.40. The fraction of sp³-hybridized carbons (Fsp3) is 1.00. The van der Waals surface area contributed by atoms with Gasteiger partial charge >= 0.3 is 0 Å². The number of ether oxygens (including phenoxy) is 2. The maximum Gasteiger partial charge on any atom is 0.0700 e. The van der Waals surface area contributed by atoms with Crippen LogP contribution in [-0.4, -0.2) is 49.0 Å². The van der Waals surface area contributed by atoms with Crippen LogP contribution in [0.4, 0.5) is 0 Å². The van der Waals surface area contributed by atoms with Crippen LogP contribution in [0.1, 0.15) is 41.0 Å². The summed E-state index contributed by atoms with van der Waals surface area (Å²) in [7, 11) is 0. The van der Waals surface area contributed by atoms with Crippen LogP contribution in [0.2, 0.25) is 0 Å². The van der Waals surface area contributed by atoms with Crippen molar-refractivity contribution >= 4 is 0 Å². The third-order valence-corrected chi connectivity index (χ3v) is 3.14. The van der Waals surface area contributed by atoms with Gasteiger partial charge in [0, 0.05) is 25.7 Å². The van der Waals surface area contributed by atoms with Gasteiger partial charge in [0.25, 0.3) is 0 Å². The molecule has 2 atom stereocenters. The molecular weight excluding hydrogens is 202 g/mol. The highest BCUT2D eigenvalue weighted by Crippen LogP contribution is 2.14. The second kappa shape index (κ2) is 5.99. The molecule has 0 saturated carbocycles. The van der Waals surface area contributed by atoms with Crippen LogP contribution in [0.15, 0.2) is 0 Å². The third-order valence-electron chi connectivity index (χ3n) is 3.14. The second-order valence-corrected chi connectivity index (χ2v) is 5.67. The van der Waals surface area contributed by atoms with E-state index >= 15 is 0 Å². The molecular formula is C13H27NO2. The van der Waals surface area contributed by atoms with Crippen molar-refractivity contribution in [2.24, 2.45) is 0 Å². The SMILES string of the molecule is C[C@H]1OCCN(CCCOC(C)(C)C)[C@H]1C. The van der Waals surface area contributed by atoms with Crippen molar-refractivity contribution in [3.63, 3.8) is 0 Å². The summed E-state index contributed by atoms with van der Waals surface area (Å²) in [5.74, 6) is 0. The van der Waals surface area contributed by atoms with E-state index in [2.05, 4.69) is 39.5 Å². The molecule has 1 rings (SSSR count). The van der Waals surface area contributed by atoms with Crippen LogP contribution in [0, 0.1) is 0 Å². The van der Waals surface area contributed by atoms with E-state index in [0.717, 1.165) is 32.7 Å². The molecule has 0 aromatic rings. The van der Waals surface area contributed by atoms with Gasteiger partial charge in [-0.05, 0) is 41.0 Å². The molecule has 3 heteroatoms. The Balaban J connectivity index is 2.17. The molecule has 0 aromatic heterocycles. The van der Waals surface area contributed by atoms with E-state index in [-0.39, 0.29) is 5.60 Å². The lowest BCUT2D eigenvalue weighted by Crippen LogP contribution is -2.48. The van der Waals surface area contributed by atoms with Crippen LogP contribution in [0.25, 0.3) is 0 Å². The molecule has 1 aliphatic rings. The van der Waals surface area contributed by atoms with Crippen LogP contribution < -0.4 is 0 Å². The number of hydrogen-bond acceptors (Lipinski definition) is 3. The minimum atomic E-state index is -0.0100. The van der Waals surface area contributed by atoms with Crippen molar-refractivity contribution < 1.29 is 9.47 Å². The molecule has 0 aliphatic carbocycles. The van der Waals surface area contributed by atoms with Crippen molar-refractivity contribution in [3.05, 3.63) is 0 Å². The zero-order valence-corrected chi connectivity index (χ0v) is 11.5. The quantitative estimate of drug-likeness (QED) is 0.690. The van der Waals surface area contributed by atoms with E-state index in [1.165, 1.54) is 0 Å². The zero-order valence-electron chi connectivity index (χ0n) is 11.5. The van der Waals surface area contributed by atoms with Crippen molar-refractivity contribution in [1.82, 2.24) is 4.90 Å². The largest absolute Gasteiger partial charge is 0.376 e. The summed E-state index contributed by atoms with van der Waals surface area (Å²) < 4.78 is 11.3. The molecule has 1 heterocycles. The highest BCUT2D eigenvalue weighted by atomic mass is 16.5. The molecule has 0 bridgehead atoms. The first-order valence-electron chi connectivity index (χ1n) is 6.40. The van der Waals surface area contributed by atoms with E-state index in [0.29, 0.717) is 12.1 Å². The van der Waals surface area contributed by atoms with Gasteiger partial charge in [-0.3, -0.25) is 4.90 Å². The molecule has 1 saturated heterocycles. The predicted molar refractivity (Wildman–Crippen MR) is 66.8 cm³/mol. The molecule has 96 valence electrons. The third kappa shape index (κ3) is 4.81. The van der Waals surface area contributed by atoms with Gasteiger partial charge in [0.15, 0.2) is 0 Å². The Morgan fingerprint density at radius 2 is 2.00 bits per heavy atom. The Kier molecular flexibility index (Phi) is 5.22. The fourth-order valence-electron chi connectivity index (χ4n) is 1.96. The minimum Gasteiger partial charge on any atom is -0.376 e. The first kappa shape index (κ1) is 13.9. The Hall–Kier alpha value is -0.120. The van der Waals surface area contributed by atoms with Gasteiger partial charge in [-0.15, -0.1) is 0 Å². The zero-order chi connectivity index (χ0) is 12.2. The topological polar surface area (TPSA) is 21.7 Å². The number of hydrogen-bond donors (Lipinski definition) is 0. The van der Waals surface area contributed by atoms with Gasteiger partial charge in [-0.25, -0.2) is 0 Å². The highest BCUT2D eigenvalue weighted by Gasteiger charge is 2.24. The molecule has 0 amide bonds. The van der Waals surface area contributed by atoms with Gasteiger partial charge in [0.2, 0.25) is 0 Å². The van der Waals surface area contributed by atoms with E-state index in [1.807, 2.05) is 0 Å². The maximum absolute atomic E-state index is 5.72. The van der Waals surface area contributed by atoms with Crippen LogP contribution in [0.3, 0.4) is 0 Å². The van der Waals surface area contributed by atoms with Crippen molar-refractivity contribution in [1.29, 1.82) is 0 Å². The summed E-state index contributed by atoms with van der Waals surface area (Å²) in [6.07, 6.45) is 1.46. The van der Waals surface area contributed by atoms with Crippen LogP contribution >= 0.6 is 0 Å². The Bertz CT molecular complexity index is 201. The molecule has 3 nitrogen and oxygen atoms in total. The molecule has 1 fully saturated rings. The Morgan fingerprint density at radius 1 is 1.31 bits per heavy atom. The number of rotatable bonds is 4. The molecule has 0 unspecified atom stereocenters. The average molecular weight is 229 g/mol. The summed E-state index contributed by atoms with van der Waals surface area (Å²) in [6, 6.07) is 0.531. The standard InChI is InChI=1S/C13H27NO2/c1-11-12(2)15-10-8-14(11)7-6-9-16-13(3,4)5/h11-12H,6-10H2,1-5H3/t11-,12+/m0/s1. The van der Waals surface area contributed by atoms with Crippen LogP contribution in [0.5, 0.6) is 0 Å². The van der Waals surface area contributed by atoms with Crippen molar-refractivity contribution in [2.45, 2.75) is 58.8 Å². The molecule has 0 spiro atoms. The summed E-state index contributed by atoms with van der Waals surface area (Å²) in [6.45, 7) is 14.6. The smallest absolute Gasteiger partial charge is 0.0700 e. The van der Waals surface area contributed by atoms with E-state index < -0.39 is 0 Å². The number of nitrogens with zero attached hydrogens (tertiary/aromatic N) is 1. The normalized spacial score (nSPS) is 28.3. The van der Waals surface area contributed by atoms with Crippen molar-refractivity contribution in [3.8, 4) is 0 Å². The molecule has 0 N–H and O–H groups in total. The lowest BCUT2D eigenvalue weighted by molar-refractivity contribution is -0.0614. The van der Waals surface area contributed by atoms with E-state index in [9.17, 15) is 0 Å². The molecule has 0 radical (unpaired) electrons. The van der Waals surface area contributed by atoms with Gasteiger partial charge in [-0.2, -0.15) is 0 Å². The predicted octanol–water partition coefficient (Wildman–Crippen LogP) is 2.30. The van der Waals surface area contributed by atoms with E-state index in [1.54, 1.807) is 0 Å². The van der Waals surface area contributed by atoms with Crippen LogP contribution in [-0.2, 0) is 9.47 Å². The maximum atomic E-state index is 5.72. The summed E-state index contributed by atoms with van der Waals surface area (Å²) in [4.78, 5) is 2.50.